The number of carbonyl (C=O) groups excluding carboxylic acids is 2. The fourth-order valence-electron chi connectivity index (χ4n) is 3.50. The number of rotatable bonds is 6. The SMILES string of the molecule is CC(C(=O)NCc1ccccc1)N1CCCC(CN(C)C(=O)OC(C)(C)C)C1. The van der Waals surface area contributed by atoms with E-state index < -0.39 is 5.60 Å². The smallest absolute Gasteiger partial charge is 0.410 e. The van der Waals surface area contributed by atoms with Crippen molar-refractivity contribution in [3.63, 3.8) is 0 Å². The van der Waals surface area contributed by atoms with Gasteiger partial charge in [0.1, 0.15) is 5.60 Å². The highest BCUT2D eigenvalue weighted by Crippen LogP contribution is 2.20. The summed E-state index contributed by atoms with van der Waals surface area (Å²) in [6, 6.07) is 9.75. The van der Waals surface area contributed by atoms with Crippen molar-refractivity contribution < 1.29 is 14.3 Å². The molecule has 156 valence electrons. The number of hydrogen-bond acceptors (Lipinski definition) is 4. The summed E-state index contributed by atoms with van der Waals surface area (Å²) in [5.74, 6) is 0.389. The maximum atomic E-state index is 12.6. The predicted molar refractivity (Wildman–Crippen MR) is 111 cm³/mol. The first kappa shape index (κ1) is 22.2. The maximum Gasteiger partial charge on any atom is 0.410 e. The van der Waals surface area contributed by atoms with Crippen molar-refractivity contribution in [2.75, 3.05) is 26.7 Å². The average molecular weight is 390 g/mol. The summed E-state index contributed by atoms with van der Waals surface area (Å²) < 4.78 is 5.44. The summed E-state index contributed by atoms with van der Waals surface area (Å²) in [4.78, 5) is 28.6. The Hall–Kier alpha value is -2.08. The van der Waals surface area contributed by atoms with E-state index in [0.717, 1.165) is 31.5 Å². The minimum Gasteiger partial charge on any atom is -0.444 e. The minimum absolute atomic E-state index is 0.0463. The van der Waals surface area contributed by atoms with Crippen LogP contribution in [-0.2, 0) is 16.1 Å². The molecule has 2 atom stereocenters. The summed E-state index contributed by atoms with van der Waals surface area (Å²) in [5.41, 5.74) is 0.605. The first-order valence-electron chi connectivity index (χ1n) is 10.2. The third-order valence-corrected chi connectivity index (χ3v) is 5.02. The second-order valence-electron chi connectivity index (χ2n) is 8.74. The number of piperidine rings is 1. The number of ether oxygens (including phenoxy) is 1. The van der Waals surface area contributed by atoms with Crippen LogP contribution < -0.4 is 5.32 Å². The van der Waals surface area contributed by atoms with Crippen LogP contribution >= 0.6 is 0 Å². The van der Waals surface area contributed by atoms with Gasteiger partial charge >= 0.3 is 6.09 Å². The van der Waals surface area contributed by atoms with E-state index in [1.54, 1.807) is 11.9 Å². The van der Waals surface area contributed by atoms with Crippen LogP contribution in [0.1, 0.15) is 46.1 Å². The molecule has 1 aliphatic heterocycles. The standard InChI is InChI=1S/C22H35N3O3/c1-17(20(26)23-14-18-10-7-6-8-11-18)25-13-9-12-19(16-25)15-24(5)21(27)28-22(2,3)4/h6-8,10-11,17,19H,9,12-16H2,1-5H3,(H,23,26). The molecule has 0 radical (unpaired) electrons. The van der Waals surface area contributed by atoms with Gasteiger partial charge < -0.3 is 15.0 Å². The second kappa shape index (κ2) is 9.92. The van der Waals surface area contributed by atoms with E-state index in [4.69, 9.17) is 4.74 Å². The summed E-state index contributed by atoms with van der Waals surface area (Å²) in [5, 5.41) is 3.03. The van der Waals surface area contributed by atoms with E-state index in [1.165, 1.54) is 0 Å². The molecule has 0 saturated carbocycles. The molecular weight excluding hydrogens is 354 g/mol. The van der Waals surface area contributed by atoms with Crippen LogP contribution in [0.25, 0.3) is 0 Å². The van der Waals surface area contributed by atoms with Gasteiger partial charge in [0.2, 0.25) is 5.91 Å². The number of amides is 2. The van der Waals surface area contributed by atoms with Crippen molar-refractivity contribution in [1.29, 1.82) is 0 Å². The van der Waals surface area contributed by atoms with Crippen molar-refractivity contribution in [1.82, 2.24) is 15.1 Å². The molecule has 0 aliphatic carbocycles. The Kier molecular flexibility index (Phi) is 7.87. The van der Waals surface area contributed by atoms with Crippen molar-refractivity contribution in [3.05, 3.63) is 35.9 Å². The van der Waals surface area contributed by atoms with Gasteiger partial charge in [-0.2, -0.15) is 0 Å². The molecule has 1 N–H and O–H groups in total. The first-order chi connectivity index (χ1) is 13.2. The van der Waals surface area contributed by atoms with Crippen LogP contribution in [0.3, 0.4) is 0 Å². The Balaban J connectivity index is 1.82. The molecule has 0 bridgehead atoms. The number of nitrogens with zero attached hydrogens (tertiary/aromatic N) is 2. The number of likely N-dealkylation sites (tertiary alicyclic amines) is 1. The monoisotopic (exact) mass is 389 g/mol. The quantitative estimate of drug-likeness (QED) is 0.811. The van der Waals surface area contributed by atoms with E-state index in [1.807, 2.05) is 58.0 Å². The van der Waals surface area contributed by atoms with E-state index in [0.29, 0.717) is 19.0 Å². The zero-order chi connectivity index (χ0) is 20.7. The molecule has 1 heterocycles. The molecular formula is C22H35N3O3. The van der Waals surface area contributed by atoms with Crippen LogP contribution in [0.5, 0.6) is 0 Å². The molecule has 1 fully saturated rings. The topological polar surface area (TPSA) is 61.9 Å². The highest BCUT2D eigenvalue weighted by Gasteiger charge is 2.29. The molecule has 1 saturated heterocycles. The third-order valence-electron chi connectivity index (χ3n) is 5.02. The number of hydrogen-bond donors (Lipinski definition) is 1. The molecule has 6 heteroatoms. The van der Waals surface area contributed by atoms with Gasteiger partial charge in [-0.05, 0) is 58.6 Å². The lowest BCUT2D eigenvalue weighted by atomic mass is 9.96. The summed E-state index contributed by atoms with van der Waals surface area (Å²) >= 11 is 0. The highest BCUT2D eigenvalue weighted by atomic mass is 16.6. The Labute approximate surface area is 169 Å². The largest absolute Gasteiger partial charge is 0.444 e. The Morgan fingerprint density at radius 1 is 1.29 bits per heavy atom. The normalized spacial score (nSPS) is 19.0. The summed E-state index contributed by atoms with van der Waals surface area (Å²) in [6.07, 6.45) is 1.80. The van der Waals surface area contributed by atoms with Gasteiger partial charge in [0.25, 0.3) is 0 Å². The molecule has 1 aromatic carbocycles. The van der Waals surface area contributed by atoms with Gasteiger partial charge in [-0.3, -0.25) is 9.69 Å². The van der Waals surface area contributed by atoms with E-state index in [2.05, 4.69) is 10.2 Å². The van der Waals surface area contributed by atoms with Gasteiger partial charge in [0.05, 0.1) is 6.04 Å². The van der Waals surface area contributed by atoms with Gasteiger partial charge in [-0.15, -0.1) is 0 Å². The molecule has 6 nitrogen and oxygen atoms in total. The Morgan fingerprint density at radius 2 is 1.96 bits per heavy atom. The van der Waals surface area contributed by atoms with Crippen LogP contribution in [0.4, 0.5) is 4.79 Å². The van der Waals surface area contributed by atoms with Crippen molar-refractivity contribution >= 4 is 12.0 Å². The van der Waals surface area contributed by atoms with Crippen LogP contribution in [-0.4, -0.2) is 60.1 Å². The fraction of sp³-hybridized carbons (Fsp3) is 0.636. The van der Waals surface area contributed by atoms with Crippen molar-refractivity contribution in [3.8, 4) is 0 Å². The first-order valence-corrected chi connectivity index (χ1v) is 10.2. The van der Waals surface area contributed by atoms with E-state index in [-0.39, 0.29) is 18.0 Å². The Morgan fingerprint density at radius 3 is 2.61 bits per heavy atom. The maximum absolute atomic E-state index is 12.6. The van der Waals surface area contributed by atoms with Crippen molar-refractivity contribution in [2.24, 2.45) is 5.92 Å². The van der Waals surface area contributed by atoms with Crippen LogP contribution in [0.15, 0.2) is 30.3 Å². The second-order valence-corrected chi connectivity index (χ2v) is 8.74. The lowest BCUT2D eigenvalue weighted by Gasteiger charge is -2.37. The molecule has 0 spiro atoms. The van der Waals surface area contributed by atoms with Gasteiger partial charge in [-0.25, -0.2) is 4.79 Å². The van der Waals surface area contributed by atoms with Crippen LogP contribution in [0, 0.1) is 5.92 Å². The Bertz CT molecular complexity index is 642. The van der Waals surface area contributed by atoms with Crippen molar-refractivity contribution in [2.45, 2.75) is 58.7 Å². The zero-order valence-electron chi connectivity index (χ0n) is 17.9. The highest BCUT2D eigenvalue weighted by molar-refractivity contribution is 5.81. The van der Waals surface area contributed by atoms with Gasteiger partial charge in [0.15, 0.2) is 0 Å². The third kappa shape index (κ3) is 7.15. The van der Waals surface area contributed by atoms with Gasteiger partial charge in [-0.1, -0.05) is 30.3 Å². The molecule has 2 unspecified atom stereocenters. The predicted octanol–water partition coefficient (Wildman–Crippen LogP) is 3.27. The van der Waals surface area contributed by atoms with E-state index in [9.17, 15) is 9.59 Å². The lowest BCUT2D eigenvalue weighted by Crippen LogP contribution is -2.50. The molecule has 2 amide bonds. The number of carbonyl (C=O) groups is 2. The summed E-state index contributed by atoms with van der Waals surface area (Å²) in [6.45, 7) is 10.5. The average Bonchev–Trinajstić information content (AvgIpc) is 2.65. The number of nitrogens with one attached hydrogen (secondary N) is 1. The molecule has 2 rings (SSSR count). The van der Waals surface area contributed by atoms with Gasteiger partial charge in [0, 0.05) is 26.7 Å². The van der Waals surface area contributed by atoms with Crippen LogP contribution in [0.2, 0.25) is 0 Å². The fourth-order valence-corrected chi connectivity index (χ4v) is 3.50. The molecule has 28 heavy (non-hydrogen) atoms. The summed E-state index contributed by atoms with van der Waals surface area (Å²) in [7, 11) is 1.78. The van der Waals surface area contributed by atoms with E-state index >= 15 is 0 Å². The molecule has 0 aromatic heterocycles. The minimum atomic E-state index is -0.491. The molecule has 1 aliphatic rings. The number of benzene rings is 1. The lowest BCUT2D eigenvalue weighted by molar-refractivity contribution is -0.126. The molecule has 1 aromatic rings. The zero-order valence-corrected chi connectivity index (χ0v) is 17.9.